The quantitative estimate of drug-likeness (QED) is 0.573. The van der Waals surface area contributed by atoms with E-state index < -0.39 is 13.4 Å². The zero-order valence-electron chi connectivity index (χ0n) is 15.6. The Morgan fingerprint density at radius 1 is 0.840 bits per heavy atom. The fourth-order valence-corrected chi connectivity index (χ4v) is 4.84. The molecule has 25 heavy (non-hydrogen) atoms. The van der Waals surface area contributed by atoms with Crippen molar-refractivity contribution in [1.29, 1.82) is 0 Å². The zero-order chi connectivity index (χ0) is 18.4. The molecule has 0 heterocycles. The minimum atomic E-state index is -3.45. The highest BCUT2D eigenvalue weighted by atomic mass is 31.2. The van der Waals surface area contributed by atoms with Crippen LogP contribution in [-0.2, 0) is 13.6 Å². The van der Waals surface area contributed by atoms with E-state index in [2.05, 4.69) is 5.32 Å². The van der Waals surface area contributed by atoms with Crippen molar-refractivity contribution in [3.63, 3.8) is 0 Å². The molecule has 0 radical (unpaired) electrons. The van der Waals surface area contributed by atoms with Gasteiger partial charge in [-0.05, 0) is 52.3 Å². The summed E-state index contributed by atoms with van der Waals surface area (Å²) in [7, 11) is -3.45. The van der Waals surface area contributed by atoms with Gasteiger partial charge in [-0.1, -0.05) is 48.0 Å². The maximum Gasteiger partial charge on any atom is 0.357 e. The Morgan fingerprint density at radius 2 is 1.36 bits per heavy atom. The molecule has 2 aromatic rings. The van der Waals surface area contributed by atoms with Gasteiger partial charge in [0.1, 0.15) is 0 Å². The summed E-state index contributed by atoms with van der Waals surface area (Å²) in [6, 6.07) is 17.6. The fourth-order valence-electron chi connectivity index (χ4n) is 2.52. The summed E-state index contributed by atoms with van der Waals surface area (Å²) in [5.41, 5.74) is 2.91. The first-order valence-corrected chi connectivity index (χ1v) is 10.3. The van der Waals surface area contributed by atoms with E-state index in [4.69, 9.17) is 9.05 Å². The molecule has 0 unspecified atom stereocenters. The van der Waals surface area contributed by atoms with Crippen LogP contribution < -0.4 is 5.32 Å². The second kappa shape index (κ2) is 8.66. The zero-order valence-corrected chi connectivity index (χ0v) is 16.5. The van der Waals surface area contributed by atoms with Crippen molar-refractivity contribution in [2.45, 2.75) is 52.6 Å². The molecule has 0 fully saturated rings. The molecule has 0 saturated carbocycles. The number of hydrogen-bond acceptors (Lipinski definition) is 4. The molecule has 0 aromatic heterocycles. The maximum absolute atomic E-state index is 13.7. The monoisotopic (exact) mass is 361 g/mol. The van der Waals surface area contributed by atoms with E-state index in [1.54, 1.807) is 0 Å². The third-order valence-corrected chi connectivity index (χ3v) is 5.99. The average molecular weight is 361 g/mol. The summed E-state index contributed by atoms with van der Waals surface area (Å²) < 4.78 is 25.4. The van der Waals surface area contributed by atoms with Gasteiger partial charge in [-0.2, -0.15) is 0 Å². The molecule has 1 atom stereocenters. The van der Waals surface area contributed by atoms with Crippen LogP contribution in [0.25, 0.3) is 0 Å². The van der Waals surface area contributed by atoms with Gasteiger partial charge in [0.15, 0.2) is 5.78 Å². The van der Waals surface area contributed by atoms with Crippen LogP contribution in [0.3, 0.4) is 0 Å². The topological polar surface area (TPSA) is 47.6 Å². The molecular formula is C20H28NO3P. The first-order valence-electron chi connectivity index (χ1n) is 8.65. The number of rotatable bonds is 8. The Bertz CT molecular complexity index is 685. The van der Waals surface area contributed by atoms with E-state index in [9.17, 15) is 4.57 Å². The van der Waals surface area contributed by atoms with Gasteiger partial charge in [-0.25, -0.2) is 0 Å². The Morgan fingerprint density at radius 3 is 1.84 bits per heavy atom. The standard InChI is InChI=1S/C20H28NO3P/c1-15(2)23-25(22,24-16(3)4)20(18-9-7-6-8-10-18)21-19-13-11-17(5)12-14-19/h6-16,20-21H,1-5H3/t20-/m0/s1. The van der Waals surface area contributed by atoms with E-state index >= 15 is 0 Å². The van der Waals surface area contributed by atoms with Gasteiger partial charge in [-0.3, -0.25) is 4.57 Å². The normalized spacial score (nSPS) is 13.2. The molecule has 0 aliphatic rings. The predicted octanol–water partition coefficient (Wildman–Crippen LogP) is 6.15. The lowest BCUT2D eigenvalue weighted by Crippen LogP contribution is -2.19. The summed E-state index contributed by atoms with van der Waals surface area (Å²) in [6.07, 6.45) is -0.425. The lowest BCUT2D eigenvalue weighted by atomic mass is 10.2. The average Bonchev–Trinajstić information content (AvgIpc) is 2.53. The Hall–Kier alpha value is -1.61. The number of benzene rings is 2. The van der Waals surface area contributed by atoms with Crippen molar-refractivity contribution < 1.29 is 13.6 Å². The van der Waals surface area contributed by atoms with Gasteiger partial charge in [0.05, 0.1) is 12.2 Å². The van der Waals surface area contributed by atoms with E-state index in [0.717, 1.165) is 11.3 Å². The van der Waals surface area contributed by atoms with Crippen molar-refractivity contribution in [2.24, 2.45) is 0 Å². The highest BCUT2D eigenvalue weighted by Gasteiger charge is 2.39. The van der Waals surface area contributed by atoms with E-state index in [1.165, 1.54) is 5.56 Å². The smallest absolute Gasteiger partial charge is 0.357 e. The van der Waals surface area contributed by atoms with Crippen LogP contribution in [0, 0.1) is 6.92 Å². The molecule has 4 nitrogen and oxygen atoms in total. The SMILES string of the molecule is Cc1ccc(N[C@H](c2ccccc2)P(=O)(OC(C)C)OC(C)C)cc1. The highest BCUT2D eigenvalue weighted by Crippen LogP contribution is 2.62. The highest BCUT2D eigenvalue weighted by molar-refractivity contribution is 7.54. The third-order valence-electron chi connectivity index (χ3n) is 3.50. The van der Waals surface area contributed by atoms with Gasteiger partial charge in [-0.15, -0.1) is 0 Å². The molecule has 136 valence electrons. The van der Waals surface area contributed by atoms with Crippen molar-refractivity contribution in [2.75, 3.05) is 5.32 Å². The minimum absolute atomic E-state index is 0.212. The Kier molecular flexibility index (Phi) is 6.83. The van der Waals surface area contributed by atoms with Crippen LogP contribution in [0.4, 0.5) is 5.69 Å². The molecule has 0 spiro atoms. The lowest BCUT2D eigenvalue weighted by molar-refractivity contribution is 0.138. The molecule has 0 saturated heterocycles. The largest absolute Gasteiger partial charge is 0.368 e. The Labute approximate surface area is 151 Å². The van der Waals surface area contributed by atoms with Gasteiger partial charge in [0.25, 0.3) is 0 Å². The van der Waals surface area contributed by atoms with Crippen molar-refractivity contribution >= 4 is 13.3 Å². The number of nitrogens with one attached hydrogen (secondary N) is 1. The minimum Gasteiger partial charge on any atom is -0.368 e. The maximum atomic E-state index is 13.7. The third kappa shape index (κ3) is 5.71. The van der Waals surface area contributed by atoms with Gasteiger partial charge in [0, 0.05) is 5.69 Å². The van der Waals surface area contributed by atoms with Crippen LogP contribution in [0.2, 0.25) is 0 Å². The number of aryl methyl sites for hydroxylation is 1. The molecule has 2 rings (SSSR count). The molecule has 0 aliphatic heterocycles. The lowest BCUT2D eigenvalue weighted by Gasteiger charge is -2.31. The summed E-state index contributed by atoms with van der Waals surface area (Å²) in [5.74, 6) is -0.582. The van der Waals surface area contributed by atoms with E-state index in [1.807, 2.05) is 89.2 Å². The van der Waals surface area contributed by atoms with E-state index in [-0.39, 0.29) is 12.2 Å². The van der Waals surface area contributed by atoms with Gasteiger partial charge >= 0.3 is 7.60 Å². The molecule has 0 aliphatic carbocycles. The predicted molar refractivity (Wildman–Crippen MR) is 104 cm³/mol. The number of anilines is 1. The molecule has 5 heteroatoms. The molecular weight excluding hydrogens is 333 g/mol. The van der Waals surface area contributed by atoms with Crippen molar-refractivity contribution in [3.05, 3.63) is 65.7 Å². The molecule has 2 aromatic carbocycles. The molecule has 1 N–H and O–H groups in total. The fraction of sp³-hybridized carbons (Fsp3) is 0.400. The Balaban J connectivity index is 2.44. The van der Waals surface area contributed by atoms with Crippen LogP contribution in [0.1, 0.15) is 44.6 Å². The summed E-state index contributed by atoms with van der Waals surface area (Å²) >= 11 is 0. The first-order chi connectivity index (χ1) is 11.8. The van der Waals surface area contributed by atoms with Crippen LogP contribution >= 0.6 is 7.60 Å². The first kappa shape index (κ1) is 19.7. The van der Waals surface area contributed by atoms with Crippen LogP contribution in [-0.4, -0.2) is 12.2 Å². The van der Waals surface area contributed by atoms with E-state index in [0.29, 0.717) is 0 Å². The summed E-state index contributed by atoms with van der Waals surface area (Å²) in [6.45, 7) is 9.50. The van der Waals surface area contributed by atoms with Crippen LogP contribution in [0.15, 0.2) is 54.6 Å². The number of hydrogen-bond donors (Lipinski definition) is 1. The van der Waals surface area contributed by atoms with Gasteiger partial charge in [0.2, 0.25) is 0 Å². The summed E-state index contributed by atoms with van der Waals surface area (Å²) in [5, 5.41) is 3.36. The second-order valence-corrected chi connectivity index (χ2v) is 8.69. The molecule has 0 bridgehead atoms. The van der Waals surface area contributed by atoms with Crippen LogP contribution in [0.5, 0.6) is 0 Å². The summed E-state index contributed by atoms with van der Waals surface area (Å²) in [4.78, 5) is 0. The van der Waals surface area contributed by atoms with Crippen molar-refractivity contribution in [1.82, 2.24) is 0 Å². The molecule has 0 amide bonds. The van der Waals surface area contributed by atoms with Gasteiger partial charge < -0.3 is 14.4 Å². The second-order valence-electron chi connectivity index (χ2n) is 6.67. The van der Waals surface area contributed by atoms with Crippen molar-refractivity contribution in [3.8, 4) is 0 Å².